The number of nitrogens with one attached hydrogen (secondary N) is 2. The first-order valence-electron chi connectivity index (χ1n) is 9.97. The molecule has 1 fully saturated rings. The van der Waals surface area contributed by atoms with Crippen LogP contribution >= 0.6 is 27.5 Å². The van der Waals surface area contributed by atoms with Crippen molar-refractivity contribution in [3.8, 4) is 0 Å². The zero-order valence-corrected chi connectivity index (χ0v) is 19.0. The first kappa shape index (κ1) is 22.6. The number of nitrogens with zero attached hydrogens (tertiary/aromatic N) is 1. The van der Waals surface area contributed by atoms with Crippen molar-refractivity contribution in [2.45, 2.75) is 19.4 Å². The molecule has 1 heterocycles. The molecule has 2 aromatic carbocycles. The second kappa shape index (κ2) is 10.8. The SMILES string of the molecule is Nc1ccc(Br)cc1C(=O)NCC(=O)NCC1CCN(Cc2ccc(Cl)cc2)CC1. The van der Waals surface area contributed by atoms with Crippen LogP contribution < -0.4 is 16.4 Å². The highest BCUT2D eigenvalue weighted by Gasteiger charge is 2.20. The van der Waals surface area contributed by atoms with Gasteiger partial charge in [-0.05, 0) is 67.7 Å². The summed E-state index contributed by atoms with van der Waals surface area (Å²) in [5, 5.41) is 6.31. The second-order valence-corrected chi connectivity index (χ2v) is 8.92. The monoisotopic (exact) mass is 492 g/mol. The Labute approximate surface area is 190 Å². The standard InChI is InChI=1S/C22H26BrClN4O2/c23-17-3-6-20(25)19(11-17)22(30)27-13-21(29)26-12-15-7-9-28(10-8-15)14-16-1-4-18(24)5-2-16/h1-6,11,15H,7-10,12-14,25H2,(H,26,29)(H,27,30). The van der Waals surface area contributed by atoms with Crippen LogP contribution in [0.4, 0.5) is 5.69 Å². The summed E-state index contributed by atoms with van der Waals surface area (Å²) in [5.74, 6) is -0.105. The van der Waals surface area contributed by atoms with Crippen molar-refractivity contribution in [3.05, 3.63) is 63.1 Å². The minimum atomic E-state index is -0.362. The van der Waals surface area contributed by atoms with Crippen molar-refractivity contribution >= 4 is 45.0 Å². The number of benzene rings is 2. The molecule has 2 amide bonds. The maximum Gasteiger partial charge on any atom is 0.253 e. The van der Waals surface area contributed by atoms with Gasteiger partial charge in [-0.2, -0.15) is 0 Å². The highest BCUT2D eigenvalue weighted by Crippen LogP contribution is 2.20. The van der Waals surface area contributed by atoms with Gasteiger partial charge in [0.2, 0.25) is 5.91 Å². The van der Waals surface area contributed by atoms with Gasteiger partial charge in [0.15, 0.2) is 0 Å². The van der Waals surface area contributed by atoms with E-state index in [2.05, 4.69) is 43.6 Å². The fourth-order valence-electron chi connectivity index (χ4n) is 3.50. The van der Waals surface area contributed by atoms with Gasteiger partial charge in [-0.3, -0.25) is 14.5 Å². The smallest absolute Gasteiger partial charge is 0.253 e. The minimum absolute atomic E-state index is 0.0692. The third-order valence-electron chi connectivity index (χ3n) is 5.28. The van der Waals surface area contributed by atoms with Crippen LogP contribution in [-0.4, -0.2) is 42.9 Å². The molecule has 0 bridgehead atoms. The van der Waals surface area contributed by atoms with Gasteiger partial charge in [0.25, 0.3) is 5.91 Å². The number of nitrogen functional groups attached to an aromatic ring is 1. The van der Waals surface area contributed by atoms with E-state index in [1.807, 2.05) is 12.1 Å². The Hall–Kier alpha value is -2.09. The van der Waals surface area contributed by atoms with Gasteiger partial charge in [0.05, 0.1) is 12.1 Å². The van der Waals surface area contributed by atoms with Crippen LogP contribution in [0.5, 0.6) is 0 Å². The number of amides is 2. The van der Waals surface area contributed by atoms with Crippen molar-refractivity contribution in [3.63, 3.8) is 0 Å². The molecule has 0 spiro atoms. The lowest BCUT2D eigenvalue weighted by molar-refractivity contribution is -0.120. The van der Waals surface area contributed by atoms with E-state index in [0.29, 0.717) is 23.7 Å². The van der Waals surface area contributed by atoms with Gasteiger partial charge < -0.3 is 16.4 Å². The Balaban J connectivity index is 1.35. The molecule has 0 radical (unpaired) electrons. The number of anilines is 1. The molecule has 30 heavy (non-hydrogen) atoms. The molecule has 2 aromatic rings. The highest BCUT2D eigenvalue weighted by atomic mass is 79.9. The number of carbonyl (C=O) groups is 2. The number of halogens is 2. The van der Waals surface area contributed by atoms with E-state index >= 15 is 0 Å². The molecular weight excluding hydrogens is 468 g/mol. The zero-order valence-electron chi connectivity index (χ0n) is 16.7. The van der Waals surface area contributed by atoms with Gasteiger partial charge in [-0.15, -0.1) is 0 Å². The Kier molecular flexibility index (Phi) is 8.13. The molecule has 8 heteroatoms. The average molecular weight is 494 g/mol. The summed E-state index contributed by atoms with van der Waals surface area (Å²) >= 11 is 9.25. The summed E-state index contributed by atoms with van der Waals surface area (Å²) in [7, 11) is 0. The quantitative estimate of drug-likeness (QED) is 0.516. The summed E-state index contributed by atoms with van der Waals surface area (Å²) in [5.41, 5.74) is 7.81. The van der Waals surface area contributed by atoms with Gasteiger partial charge in [0.1, 0.15) is 0 Å². The van der Waals surface area contributed by atoms with E-state index < -0.39 is 0 Å². The van der Waals surface area contributed by atoms with Crippen molar-refractivity contribution in [2.24, 2.45) is 5.92 Å². The van der Waals surface area contributed by atoms with Crippen molar-refractivity contribution in [2.75, 3.05) is 31.9 Å². The number of rotatable bonds is 7. The Morgan fingerprint density at radius 1 is 1.10 bits per heavy atom. The maximum atomic E-state index is 12.2. The molecule has 1 aliphatic heterocycles. The molecule has 3 rings (SSSR count). The molecule has 1 saturated heterocycles. The Morgan fingerprint density at radius 3 is 2.50 bits per heavy atom. The van der Waals surface area contributed by atoms with Crippen LogP contribution in [0.2, 0.25) is 5.02 Å². The first-order valence-corrected chi connectivity index (χ1v) is 11.1. The van der Waals surface area contributed by atoms with E-state index in [9.17, 15) is 9.59 Å². The van der Waals surface area contributed by atoms with E-state index in [-0.39, 0.29) is 18.4 Å². The largest absolute Gasteiger partial charge is 0.398 e. The predicted molar refractivity (Wildman–Crippen MR) is 123 cm³/mol. The van der Waals surface area contributed by atoms with Crippen LogP contribution in [0.3, 0.4) is 0 Å². The average Bonchev–Trinajstić information content (AvgIpc) is 2.75. The minimum Gasteiger partial charge on any atom is -0.398 e. The molecule has 0 aromatic heterocycles. The molecule has 0 aliphatic carbocycles. The Morgan fingerprint density at radius 2 is 1.80 bits per heavy atom. The summed E-state index contributed by atoms with van der Waals surface area (Å²) in [6.45, 7) is 3.48. The van der Waals surface area contributed by atoms with Crippen molar-refractivity contribution in [1.82, 2.24) is 15.5 Å². The third-order valence-corrected chi connectivity index (χ3v) is 6.03. The number of carbonyl (C=O) groups excluding carboxylic acids is 2. The first-order chi connectivity index (χ1) is 14.4. The van der Waals surface area contributed by atoms with E-state index in [0.717, 1.165) is 42.0 Å². The summed E-state index contributed by atoms with van der Waals surface area (Å²) < 4.78 is 0.758. The lowest BCUT2D eigenvalue weighted by Gasteiger charge is -2.32. The van der Waals surface area contributed by atoms with Crippen LogP contribution in [-0.2, 0) is 11.3 Å². The zero-order chi connectivity index (χ0) is 21.5. The fraction of sp³-hybridized carbons (Fsp3) is 0.364. The Bertz CT molecular complexity index is 883. The van der Waals surface area contributed by atoms with Gasteiger partial charge in [-0.25, -0.2) is 0 Å². The second-order valence-electron chi connectivity index (χ2n) is 7.56. The molecule has 0 unspecified atom stereocenters. The lowest BCUT2D eigenvalue weighted by Crippen LogP contribution is -2.41. The molecule has 4 N–H and O–H groups in total. The normalized spacial score (nSPS) is 15.0. The molecule has 6 nitrogen and oxygen atoms in total. The third kappa shape index (κ3) is 6.72. The summed E-state index contributed by atoms with van der Waals surface area (Å²) in [4.78, 5) is 26.8. The fourth-order valence-corrected chi connectivity index (χ4v) is 3.99. The predicted octanol–water partition coefficient (Wildman–Crippen LogP) is 3.44. The highest BCUT2D eigenvalue weighted by molar-refractivity contribution is 9.10. The van der Waals surface area contributed by atoms with Crippen LogP contribution in [0.25, 0.3) is 0 Å². The van der Waals surface area contributed by atoms with Crippen molar-refractivity contribution < 1.29 is 9.59 Å². The molecule has 160 valence electrons. The molecule has 1 aliphatic rings. The molecule has 0 saturated carbocycles. The van der Waals surface area contributed by atoms with E-state index in [4.69, 9.17) is 17.3 Å². The maximum absolute atomic E-state index is 12.2. The number of hydrogen-bond donors (Lipinski definition) is 3. The molecular formula is C22H26BrClN4O2. The lowest BCUT2D eigenvalue weighted by atomic mass is 9.96. The topological polar surface area (TPSA) is 87.5 Å². The summed E-state index contributed by atoms with van der Waals surface area (Å²) in [6.07, 6.45) is 2.07. The van der Waals surface area contributed by atoms with Crippen LogP contribution in [0, 0.1) is 5.92 Å². The van der Waals surface area contributed by atoms with Gasteiger partial charge >= 0.3 is 0 Å². The number of likely N-dealkylation sites (tertiary alicyclic amines) is 1. The van der Waals surface area contributed by atoms with Crippen molar-refractivity contribution in [1.29, 1.82) is 0 Å². The number of nitrogens with two attached hydrogens (primary N) is 1. The van der Waals surface area contributed by atoms with E-state index in [1.54, 1.807) is 18.2 Å². The summed E-state index contributed by atoms with van der Waals surface area (Å²) in [6, 6.07) is 13.0. The van der Waals surface area contributed by atoms with Crippen LogP contribution in [0.15, 0.2) is 46.9 Å². The van der Waals surface area contributed by atoms with E-state index in [1.165, 1.54) is 5.56 Å². The molecule has 0 atom stereocenters. The number of hydrogen-bond acceptors (Lipinski definition) is 4. The van der Waals surface area contributed by atoms with Gasteiger partial charge in [0, 0.05) is 28.3 Å². The van der Waals surface area contributed by atoms with Crippen LogP contribution in [0.1, 0.15) is 28.8 Å². The number of piperidine rings is 1. The van der Waals surface area contributed by atoms with Gasteiger partial charge in [-0.1, -0.05) is 39.7 Å².